The molecular formula is C18H20N2O4. The molecule has 0 bridgehead atoms. The molecule has 1 amide bonds. The number of nitro benzene ring substituents is 1. The van der Waals surface area contributed by atoms with Crippen LogP contribution in [0.2, 0.25) is 0 Å². The first-order chi connectivity index (χ1) is 11.5. The maximum atomic E-state index is 12.3. The van der Waals surface area contributed by atoms with Crippen LogP contribution < -0.4 is 10.1 Å². The molecule has 0 aliphatic heterocycles. The van der Waals surface area contributed by atoms with Gasteiger partial charge >= 0.3 is 0 Å². The highest BCUT2D eigenvalue weighted by Crippen LogP contribution is 2.21. The molecule has 6 heteroatoms. The van der Waals surface area contributed by atoms with Gasteiger partial charge in [0, 0.05) is 11.6 Å². The molecule has 126 valence electrons. The predicted octanol–water partition coefficient (Wildman–Crippen LogP) is 3.41. The van der Waals surface area contributed by atoms with Gasteiger partial charge < -0.3 is 10.1 Å². The van der Waals surface area contributed by atoms with Gasteiger partial charge in [-0.2, -0.15) is 0 Å². The highest BCUT2D eigenvalue weighted by Gasteiger charge is 2.18. The first-order valence-electron chi connectivity index (χ1n) is 7.70. The Bertz CT molecular complexity index is 713. The molecule has 2 aromatic rings. The van der Waals surface area contributed by atoms with Gasteiger partial charge in [-0.3, -0.25) is 14.9 Å². The Labute approximate surface area is 140 Å². The Balaban J connectivity index is 2.08. The summed E-state index contributed by atoms with van der Waals surface area (Å²) < 4.78 is 5.13. The number of ether oxygens (including phenoxy) is 1. The van der Waals surface area contributed by atoms with E-state index in [1.165, 1.54) is 6.07 Å². The van der Waals surface area contributed by atoms with Crippen LogP contribution in [0.4, 0.5) is 5.69 Å². The van der Waals surface area contributed by atoms with Crippen molar-refractivity contribution in [3.63, 3.8) is 0 Å². The number of para-hydroxylation sites is 1. The number of hydrogen-bond acceptors (Lipinski definition) is 4. The van der Waals surface area contributed by atoms with Crippen molar-refractivity contribution in [3.05, 3.63) is 69.8 Å². The Morgan fingerprint density at radius 2 is 1.88 bits per heavy atom. The fraction of sp³-hybridized carbons (Fsp3) is 0.278. The van der Waals surface area contributed by atoms with Crippen molar-refractivity contribution >= 4 is 11.6 Å². The number of hydrogen-bond donors (Lipinski definition) is 1. The van der Waals surface area contributed by atoms with Crippen LogP contribution >= 0.6 is 0 Å². The van der Waals surface area contributed by atoms with Gasteiger partial charge in [0.15, 0.2) is 0 Å². The lowest BCUT2D eigenvalue weighted by Gasteiger charge is -2.18. The summed E-state index contributed by atoms with van der Waals surface area (Å²) in [6.07, 6.45) is 0.693. The minimum Gasteiger partial charge on any atom is -0.497 e. The second kappa shape index (κ2) is 8.10. The third-order valence-corrected chi connectivity index (χ3v) is 3.80. The first kappa shape index (κ1) is 17.5. The molecule has 0 radical (unpaired) electrons. The average molecular weight is 328 g/mol. The molecular weight excluding hydrogens is 308 g/mol. The SMILES string of the molecule is CC[C@@H](NC(=O)Cc1ccccc1[N+](=O)[O-])c1ccc(OC)cc1. The second-order valence-corrected chi connectivity index (χ2v) is 5.36. The van der Waals surface area contributed by atoms with Crippen LogP contribution in [0.25, 0.3) is 0 Å². The number of nitro groups is 1. The molecule has 0 unspecified atom stereocenters. The van der Waals surface area contributed by atoms with Gasteiger partial charge in [0.25, 0.3) is 5.69 Å². The van der Waals surface area contributed by atoms with Gasteiger partial charge in [-0.05, 0) is 24.1 Å². The van der Waals surface area contributed by atoms with Gasteiger partial charge in [-0.25, -0.2) is 0 Å². The number of nitrogens with one attached hydrogen (secondary N) is 1. The van der Waals surface area contributed by atoms with Crippen LogP contribution in [0.1, 0.15) is 30.5 Å². The smallest absolute Gasteiger partial charge is 0.273 e. The molecule has 0 aromatic heterocycles. The Hall–Kier alpha value is -2.89. The second-order valence-electron chi connectivity index (χ2n) is 5.36. The largest absolute Gasteiger partial charge is 0.497 e. The van der Waals surface area contributed by atoms with Gasteiger partial charge in [0.2, 0.25) is 5.91 Å². The van der Waals surface area contributed by atoms with E-state index in [0.29, 0.717) is 5.56 Å². The number of methoxy groups -OCH3 is 1. The van der Waals surface area contributed by atoms with Gasteiger partial charge in [0.1, 0.15) is 5.75 Å². The summed E-state index contributed by atoms with van der Waals surface area (Å²) in [4.78, 5) is 22.9. The van der Waals surface area contributed by atoms with E-state index < -0.39 is 4.92 Å². The van der Waals surface area contributed by atoms with Gasteiger partial charge in [0.05, 0.1) is 24.5 Å². The molecule has 0 aliphatic rings. The van der Waals surface area contributed by atoms with Crippen molar-refractivity contribution < 1.29 is 14.5 Å². The van der Waals surface area contributed by atoms with Gasteiger partial charge in [-0.1, -0.05) is 37.3 Å². The van der Waals surface area contributed by atoms with Gasteiger partial charge in [-0.15, -0.1) is 0 Å². The van der Waals surface area contributed by atoms with Crippen LogP contribution in [-0.4, -0.2) is 17.9 Å². The van der Waals surface area contributed by atoms with Crippen molar-refractivity contribution in [2.24, 2.45) is 0 Å². The normalized spacial score (nSPS) is 11.6. The van der Waals surface area contributed by atoms with Crippen LogP contribution in [0, 0.1) is 10.1 Å². The van der Waals surface area contributed by atoms with Crippen molar-refractivity contribution in [2.45, 2.75) is 25.8 Å². The summed E-state index contributed by atoms with van der Waals surface area (Å²) in [5.74, 6) is 0.506. The van der Waals surface area contributed by atoms with E-state index in [-0.39, 0.29) is 24.1 Å². The van der Waals surface area contributed by atoms with Crippen LogP contribution in [-0.2, 0) is 11.2 Å². The molecule has 0 spiro atoms. The lowest BCUT2D eigenvalue weighted by Crippen LogP contribution is -2.29. The standard InChI is InChI=1S/C18H20N2O4/c1-3-16(13-8-10-15(24-2)11-9-13)19-18(21)12-14-6-4-5-7-17(14)20(22)23/h4-11,16H,3,12H2,1-2H3,(H,19,21)/t16-/m1/s1. The number of rotatable bonds is 7. The van der Waals surface area contributed by atoms with Crippen LogP contribution in [0.3, 0.4) is 0 Å². The summed E-state index contributed by atoms with van der Waals surface area (Å²) in [6, 6.07) is 13.6. The van der Waals surface area contributed by atoms with E-state index in [0.717, 1.165) is 17.7 Å². The zero-order valence-corrected chi connectivity index (χ0v) is 13.7. The first-order valence-corrected chi connectivity index (χ1v) is 7.70. The molecule has 6 nitrogen and oxygen atoms in total. The molecule has 2 aromatic carbocycles. The Morgan fingerprint density at radius 3 is 2.46 bits per heavy atom. The number of carbonyl (C=O) groups excluding carboxylic acids is 1. The monoisotopic (exact) mass is 328 g/mol. The highest BCUT2D eigenvalue weighted by atomic mass is 16.6. The van der Waals surface area contributed by atoms with Crippen molar-refractivity contribution in [1.82, 2.24) is 5.32 Å². The maximum absolute atomic E-state index is 12.3. The molecule has 0 heterocycles. The van der Waals surface area contributed by atoms with E-state index in [1.54, 1.807) is 25.3 Å². The number of nitrogens with zero attached hydrogens (tertiary/aromatic N) is 1. The van der Waals surface area contributed by atoms with Crippen molar-refractivity contribution in [3.8, 4) is 5.75 Å². The summed E-state index contributed by atoms with van der Waals surface area (Å²) in [6.45, 7) is 1.97. The zero-order chi connectivity index (χ0) is 17.5. The minimum atomic E-state index is -0.469. The molecule has 0 saturated carbocycles. The van der Waals surface area contributed by atoms with E-state index >= 15 is 0 Å². The number of benzene rings is 2. The topological polar surface area (TPSA) is 81.5 Å². The predicted molar refractivity (Wildman–Crippen MR) is 91.0 cm³/mol. The summed E-state index contributed by atoms with van der Waals surface area (Å²) in [5.41, 5.74) is 1.34. The number of carbonyl (C=O) groups is 1. The quantitative estimate of drug-likeness (QED) is 0.624. The zero-order valence-electron chi connectivity index (χ0n) is 13.7. The van der Waals surface area contributed by atoms with Crippen molar-refractivity contribution in [1.29, 1.82) is 0 Å². The molecule has 24 heavy (non-hydrogen) atoms. The fourth-order valence-corrected chi connectivity index (χ4v) is 2.51. The lowest BCUT2D eigenvalue weighted by atomic mass is 10.0. The summed E-state index contributed by atoms with van der Waals surface area (Å²) >= 11 is 0. The third kappa shape index (κ3) is 4.32. The molecule has 0 saturated heterocycles. The van der Waals surface area contributed by atoms with E-state index in [1.807, 2.05) is 31.2 Å². The van der Waals surface area contributed by atoms with E-state index in [4.69, 9.17) is 4.74 Å². The summed E-state index contributed by atoms with van der Waals surface area (Å²) in [7, 11) is 1.60. The molecule has 0 aliphatic carbocycles. The fourth-order valence-electron chi connectivity index (χ4n) is 2.51. The molecule has 2 rings (SSSR count). The Morgan fingerprint density at radius 1 is 1.21 bits per heavy atom. The third-order valence-electron chi connectivity index (χ3n) is 3.80. The van der Waals surface area contributed by atoms with Crippen LogP contribution in [0.5, 0.6) is 5.75 Å². The van der Waals surface area contributed by atoms with Crippen LogP contribution in [0.15, 0.2) is 48.5 Å². The molecule has 1 N–H and O–H groups in total. The summed E-state index contributed by atoms with van der Waals surface area (Å²) in [5, 5.41) is 14.0. The minimum absolute atomic E-state index is 0.0240. The van der Waals surface area contributed by atoms with E-state index in [9.17, 15) is 14.9 Å². The Kier molecular flexibility index (Phi) is 5.89. The average Bonchev–Trinajstić information content (AvgIpc) is 2.60. The highest BCUT2D eigenvalue weighted by molar-refractivity contribution is 5.80. The number of amides is 1. The molecule has 1 atom stereocenters. The molecule has 0 fully saturated rings. The maximum Gasteiger partial charge on any atom is 0.273 e. The lowest BCUT2D eigenvalue weighted by molar-refractivity contribution is -0.385. The van der Waals surface area contributed by atoms with E-state index in [2.05, 4.69) is 5.32 Å². The van der Waals surface area contributed by atoms with Crippen molar-refractivity contribution in [2.75, 3.05) is 7.11 Å².